The smallest absolute Gasteiger partial charge is 0.339 e. The molecule has 0 spiro atoms. The molecule has 2 atom stereocenters. The van der Waals surface area contributed by atoms with Gasteiger partial charge in [0.2, 0.25) is 0 Å². The van der Waals surface area contributed by atoms with E-state index in [0.29, 0.717) is 23.1 Å². The molecular weight excluding hydrogens is 458 g/mol. The van der Waals surface area contributed by atoms with Crippen molar-refractivity contribution in [2.45, 2.75) is 31.7 Å². The summed E-state index contributed by atoms with van der Waals surface area (Å²) in [7, 11) is 0. The molecule has 0 aliphatic carbocycles. The Morgan fingerprint density at radius 2 is 1.60 bits per heavy atom. The van der Waals surface area contributed by atoms with Crippen molar-refractivity contribution in [3.8, 4) is 0 Å². The highest BCUT2D eigenvalue weighted by Crippen LogP contribution is 2.29. The summed E-state index contributed by atoms with van der Waals surface area (Å²) in [5, 5.41) is 6.34. The second-order valence-electron chi connectivity index (χ2n) is 8.93. The van der Waals surface area contributed by atoms with Crippen LogP contribution >= 0.6 is 11.6 Å². The number of esters is 1. The van der Waals surface area contributed by atoms with Crippen LogP contribution in [0.4, 0.5) is 0 Å². The lowest BCUT2D eigenvalue weighted by atomic mass is 9.87. The predicted molar refractivity (Wildman–Crippen MR) is 140 cm³/mol. The van der Waals surface area contributed by atoms with Crippen molar-refractivity contribution in [3.63, 3.8) is 0 Å². The van der Waals surface area contributed by atoms with Crippen molar-refractivity contribution in [2.24, 2.45) is 0 Å². The molecular formula is C30H28ClNO3. The minimum absolute atomic E-state index is 0.0964. The second-order valence-corrected chi connectivity index (χ2v) is 9.34. The van der Waals surface area contributed by atoms with Crippen LogP contribution in [0, 0.1) is 0 Å². The molecule has 5 heteroatoms. The van der Waals surface area contributed by atoms with E-state index in [4.69, 9.17) is 21.1 Å². The first-order valence-corrected chi connectivity index (χ1v) is 12.4. The van der Waals surface area contributed by atoms with Gasteiger partial charge < -0.3 is 14.8 Å². The maximum absolute atomic E-state index is 12.3. The maximum atomic E-state index is 12.3. The number of ether oxygens (including phenoxy) is 2. The molecule has 0 saturated carbocycles. The first-order chi connectivity index (χ1) is 17.2. The number of carbonyl (C=O) groups excluding carboxylic acids is 1. The summed E-state index contributed by atoms with van der Waals surface area (Å²) in [5.74, 6) is -0.100. The minimum Gasteiger partial charge on any atom is -0.457 e. The monoisotopic (exact) mass is 485 g/mol. The van der Waals surface area contributed by atoms with Gasteiger partial charge in [-0.3, -0.25) is 0 Å². The first kappa shape index (κ1) is 23.6. The molecule has 1 saturated heterocycles. The molecule has 178 valence electrons. The Kier molecular flexibility index (Phi) is 7.43. The molecule has 1 N–H and O–H groups in total. The first-order valence-electron chi connectivity index (χ1n) is 12.0. The van der Waals surface area contributed by atoms with Gasteiger partial charge in [-0.1, -0.05) is 84.4 Å². The van der Waals surface area contributed by atoms with Crippen LogP contribution in [0.3, 0.4) is 0 Å². The van der Waals surface area contributed by atoms with E-state index in [2.05, 4.69) is 59.9 Å². The van der Waals surface area contributed by atoms with E-state index in [-0.39, 0.29) is 12.7 Å². The Balaban J connectivity index is 1.20. The van der Waals surface area contributed by atoms with Crippen LogP contribution in [0.5, 0.6) is 0 Å². The summed E-state index contributed by atoms with van der Waals surface area (Å²) in [5.41, 5.74) is 3.75. The Bertz CT molecular complexity index is 1300. The molecule has 4 aromatic rings. The van der Waals surface area contributed by atoms with Gasteiger partial charge in [0.15, 0.2) is 0 Å². The Labute approximate surface area is 210 Å². The second kappa shape index (κ2) is 11.0. The van der Waals surface area contributed by atoms with Crippen molar-refractivity contribution >= 4 is 28.3 Å². The minimum atomic E-state index is -0.416. The van der Waals surface area contributed by atoms with Crippen molar-refractivity contribution in [1.82, 2.24) is 5.32 Å². The Morgan fingerprint density at radius 1 is 0.857 bits per heavy atom. The number of carbonyl (C=O) groups is 1. The molecule has 2 unspecified atom stereocenters. The third kappa shape index (κ3) is 5.73. The molecule has 0 aromatic heterocycles. The van der Waals surface area contributed by atoms with Crippen molar-refractivity contribution in [1.29, 1.82) is 0 Å². The number of benzene rings is 4. The zero-order valence-electron chi connectivity index (χ0n) is 19.5. The molecule has 0 amide bonds. The highest BCUT2D eigenvalue weighted by molar-refractivity contribution is 6.33. The number of hydrogen-bond donors (Lipinski definition) is 1. The van der Waals surface area contributed by atoms with Gasteiger partial charge in [0.25, 0.3) is 0 Å². The largest absolute Gasteiger partial charge is 0.457 e. The van der Waals surface area contributed by atoms with Gasteiger partial charge in [-0.15, -0.1) is 0 Å². The van der Waals surface area contributed by atoms with Crippen LogP contribution in [0.25, 0.3) is 10.8 Å². The summed E-state index contributed by atoms with van der Waals surface area (Å²) in [4.78, 5) is 12.3. The molecule has 1 heterocycles. The van der Waals surface area contributed by atoms with Crippen LogP contribution in [-0.2, 0) is 22.7 Å². The van der Waals surface area contributed by atoms with E-state index in [1.807, 2.05) is 12.1 Å². The molecule has 35 heavy (non-hydrogen) atoms. The fourth-order valence-corrected chi connectivity index (χ4v) is 4.85. The summed E-state index contributed by atoms with van der Waals surface area (Å²) < 4.78 is 11.9. The third-order valence-corrected chi connectivity index (χ3v) is 6.91. The van der Waals surface area contributed by atoms with E-state index >= 15 is 0 Å². The topological polar surface area (TPSA) is 47.6 Å². The van der Waals surface area contributed by atoms with E-state index in [1.165, 1.54) is 21.9 Å². The standard InChI is InChI=1S/C30H28ClNO3/c31-28-8-4-3-7-27(28)30(33)35-19-21-9-13-24(14-10-21)26-15-16-32-18-29(26)34-20-22-11-12-23-5-1-2-6-25(23)17-22/h1-14,17,26,29,32H,15-16,18-20H2. The van der Waals surface area contributed by atoms with Gasteiger partial charge in [0.1, 0.15) is 6.61 Å². The number of piperidine rings is 1. The van der Waals surface area contributed by atoms with E-state index in [0.717, 1.165) is 25.1 Å². The van der Waals surface area contributed by atoms with Gasteiger partial charge in [0.05, 0.1) is 23.3 Å². The number of rotatable bonds is 7. The summed E-state index contributed by atoms with van der Waals surface area (Å²) in [6.07, 6.45) is 1.11. The molecule has 1 aliphatic heterocycles. The van der Waals surface area contributed by atoms with Gasteiger partial charge in [-0.05, 0) is 58.6 Å². The lowest BCUT2D eigenvalue weighted by Crippen LogP contribution is -2.40. The van der Waals surface area contributed by atoms with Crippen LogP contribution in [0.1, 0.15) is 39.4 Å². The fraction of sp³-hybridized carbons (Fsp3) is 0.233. The lowest BCUT2D eigenvalue weighted by Gasteiger charge is -2.32. The van der Waals surface area contributed by atoms with E-state index in [1.54, 1.807) is 24.3 Å². The average molecular weight is 486 g/mol. The number of halogens is 1. The lowest BCUT2D eigenvalue weighted by molar-refractivity contribution is 0.0106. The van der Waals surface area contributed by atoms with Crippen LogP contribution in [-0.4, -0.2) is 25.2 Å². The quantitative estimate of drug-likeness (QED) is 0.303. The number of fused-ring (bicyclic) bond motifs is 1. The molecule has 1 aliphatic rings. The zero-order valence-corrected chi connectivity index (χ0v) is 20.2. The van der Waals surface area contributed by atoms with Gasteiger partial charge >= 0.3 is 5.97 Å². The van der Waals surface area contributed by atoms with Crippen molar-refractivity contribution in [2.75, 3.05) is 13.1 Å². The SMILES string of the molecule is O=C(OCc1ccc(C2CCNCC2OCc2ccc3ccccc3c2)cc1)c1ccccc1Cl. The van der Waals surface area contributed by atoms with E-state index in [9.17, 15) is 4.79 Å². The number of nitrogens with one attached hydrogen (secondary N) is 1. The van der Waals surface area contributed by atoms with Crippen LogP contribution in [0.15, 0.2) is 91.0 Å². The van der Waals surface area contributed by atoms with E-state index < -0.39 is 5.97 Å². The molecule has 0 radical (unpaired) electrons. The summed E-state index contributed by atoms with van der Waals surface area (Å²) in [6, 6.07) is 30.1. The highest BCUT2D eigenvalue weighted by atomic mass is 35.5. The van der Waals surface area contributed by atoms with Crippen LogP contribution in [0.2, 0.25) is 5.02 Å². The Hall–Kier alpha value is -3.18. The Morgan fingerprint density at radius 3 is 2.43 bits per heavy atom. The summed E-state index contributed by atoms with van der Waals surface area (Å²) in [6.45, 7) is 2.59. The van der Waals surface area contributed by atoms with Gasteiger partial charge in [-0.25, -0.2) is 4.79 Å². The molecule has 4 nitrogen and oxygen atoms in total. The molecule has 1 fully saturated rings. The van der Waals surface area contributed by atoms with Crippen molar-refractivity contribution < 1.29 is 14.3 Å². The van der Waals surface area contributed by atoms with Gasteiger partial charge in [0, 0.05) is 12.5 Å². The third-order valence-electron chi connectivity index (χ3n) is 6.58. The van der Waals surface area contributed by atoms with Gasteiger partial charge in [-0.2, -0.15) is 0 Å². The average Bonchev–Trinajstić information content (AvgIpc) is 2.91. The number of hydrogen-bond acceptors (Lipinski definition) is 4. The van der Waals surface area contributed by atoms with Crippen molar-refractivity contribution in [3.05, 3.63) is 118 Å². The normalized spacial score (nSPS) is 17.9. The molecule has 5 rings (SSSR count). The zero-order chi connectivity index (χ0) is 24.0. The fourth-order valence-electron chi connectivity index (χ4n) is 4.63. The molecule has 4 aromatic carbocycles. The predicted octanol–water partition coefficient (Wildman–Crippen LogP) is 6.51. The molecule has 0 bridgehead atoms. The highest BCUT2D eigenvalue weighted by Gasteiger charge is 2.27. The maximum Gasteiger partial charge on any atom is 0.339 e. The summed E-state index contributed by atoms with van der Waals surface area (Å²) >= 11 is 6.09. The van der Waals surface area contributed by atoms with Crippen LogP contribution < -0.4 is 5.32 Å².